The number of carbonyl (C=O) groups is 2. The Kier molecular flexibility index (Phi) is 5.72. The molecule has 0 spiro atoms. The van der Waals surface area contributed by atoms with E-state index in [2.05, 4.69) is 0 Å². The van der Waals surface area contributed by atoms with Gasteiger partial charge in [-0.1, -0.05) is 41.4 Å². The highest BCUT2D eigenvalue weighted by atomic mass is 35.5. The lowest BCUT2D eigenvalue weighted by molar-refractivity contribution is -0.132. The molecule has 32 heavy (non-hydrogen) atoms. The first-order valence-electron chi connectivity index (χ1n) is 9.79. The van der Waals surface area contributed by atoms with Crippen LogP contribution in [0.4, 0.5) is 10.1 Å². The van der Waals surface area contributed by atoms with Crippen LogP contribution in [0.25, 0.3) is 5.76 Å². The molecule has 0 saturated carbocycles. The number of aliphatic hydroxyl groups is 1. The van der Waals surface area contributed by atoms with Gasteiger partial charge in [-0.15, -0.1) is 0 Å². The maximum absolute atomic E-state index is 13.6. The number of amides is 1. The first-order chi connectivity index (χ1) is 15.3. The molecule has 0 aliphatic carbocycles. The van der Waals surface area contributed by atoms with Crippen LogP contribution in [0, 0.1) is 12.7 Å². The fraction of sp³-hybridized carbons (Fsp3) is 0.120. The van der Waals surface area contributed by atoms with E-state index in [1.807, 2.05) is 19.1 Å². The number of halogens is 2. The van der Waals surface area contributed by atoms with Crippen LogP contribution in [0.5, 0.6) is 5.75 Å². The Morgan fingerprint density at radius 3 is 2.31 bits per heavy atom. The summed E-state index contributed by atoms with van der Waals surface area (Å²) in [5, 5.41) is 11.5. The first-order valence-corrected chi connectivity index (χ1v) is 10.2. The van der Waals surface area contributed by atoms with Gasteiger partial charge in [0, 0.05) is 11.3 Å². The number of carbonyl (C=O) groups excluding carboxylic acids is 2. The molecular weight excluding hydrogens is 433 g/mol. The zero-order chi connectivity index (χ0) is 23.0. The van der Waals surface area contributed by atoms with Crippen LogP contribution >= 0.6 is 11.6 Å². The van der Waals surface area contributed by atoms with Crippen LogP contribution in [0.3, 0.4) is 0 Å². The van der Waals surface area contributed by atoms with Crippen molar-refractivity contribution in [2.75, 3.05) is 12.0 Å². The van der Waals surface area contributed by atoms with E-state index in [-0.39, 0.29) is 16.9 Å². The molecule has 7 heteroatoms. The van der Waals surface area contributed by atoms with Crippen molar-refractivity contribution in [3.05, 3.63) is 99.8 Å². The lowest BCUT2D eigenvalue weighted by Gasteiger charge is -2.25. The molecule has 1 unspecified atom stereocenters. The highest BCUT2D eigenvalue weighted by Crippen LogP contribution is 2.42. The van der Waals surface area contributed by atoms with Gasteiger partial charge in [0.15, 0.2) is 0 Å². The van der Waals surface area contributed by atoms with E-state index in [4.69, 9.17) is 16.3 Å². The normalized spacial score (nSPS) is 17.6. The highest BCUT2D eigenvalue weighted by Gasteiger charge is 2.47. The van der Waals surface area contributed by atoms with E-state index in [1.54, 1.807) is 12.1 Å². The molecule has 3 aromatic rings. The molecule has 1 saturated heterocycles. The molecule has 1 aliphatic heterocycles. The van der Waals surface area contributed by atoms with Gasteiger partial charge in [-0.25, -0.2) is 4.39 Å². The summed E-state index contributed by atoms with van der Waals surface area (Å²) in [5.74, 6) is -2.15. The molecule has 0 aromatic heterocycles. The SMILES string of the molecule is COc1cc(/C(O)=C2/C(=O)C(=O)N(c3ccc(C)cc3)C2c2ccc(F)cc2)ccc1Cl. The molecule has 162 valence electrons. The van der Waals surface area contributed by atoms with Crippen LogP contribution < -0.4 is 9.64 Å². The Hall–Kier alpha value is -3.64. The Morgan fingerprint density at radius 2 is 1.69 bits per heavy atom. The van der Waals surface area contributed by atoms with Crippen molar-refractivity contribution < 1.29 is 23.8 Å². The van der Waals surface area contributed by atoms with Crippen LogP contribution in [0.1, 0.15) is 22.7 Å². The van der Waals surface area contributed by atoms with E-state index in [0.29, 0.717) is 22.0 Å². The average molecular weight is 452 g/mol. The number of ketones is 1. The topological polar surface area (TPSA) is 66.8 Å². The van der Waals surface area contributed by atoms with Gasteiger partial charge in [0.25, 0.3) is 11.7 Å². The minimum absolute atomic E-state index is 0.105. The number of hydrogen-bond acceptors (Lipinski definition) is 4. The summed E-state index contributed by atoms with van der Waals surface area (Å²) in [5.41, 5.74) is 2.11. The van der Waals surface area contributed by atoms with Crippen molar-refractivity contribution >= 4 is 34.7 Å². The van der Waals surface area contributed by atoms with Crippen LogP contribution in [-0.2, 0) is 9.59 Å². The Bertz CT molecular complexity index is 1240. The third kappa shape index (κ3) is 3.74. The number of Topliss-reactive ketones (excluding diaryl/α,β-unsaturated/α-hetero) is 1. The molecular formula is C25H19ClFNO4. The number of aryl methyl sites for hydroxylation is 1. The molecule has 4 rings (SSSR count). The molecule has 0 bridgehead atoms. The van der Waals surface area contributed by atoms with Crippen molar-refractivity contribution in [3.8, 4) is 5.75 Å². The number of rotatable bonds is 4. The highest BCUT2D eigenvalue weighted by molar-refractivity contribution is 6.51. The molecule has 1 atom stereocenters. The van der Waals surface area contributed by atoms with E-state index < -0.39 is 23.5 Å². The van der Waals surface area contributed by atoms with Crippen LogP contribution in [0.15, 0.2) is 72.3 Å². The van der Waals surface area contributed by atoms with Gasteiger partial charge >= 0.3 is 0 Å². The van der Waals surface area contributed by atoms with Gasteiger partial charge in [-0.3, -0.25) is 14.5 Å². The lowest BCUT2D eigenvalue weighted by atomic mass is 9.95. The third-order valence-electron chi connectivity index (χ3n) is 5.37. The van der Waals surface area contributed by atoms with Crippen LogP contribution in [0.2, 0.25) is 5.02 Å². The third-order valence-corrected chi connectivity index (χ3v) is 5.68. The van der Waals surface area contributed by atoms with Crippen molar-refractivity contribution in [2.45, 2.75) is 13.0 Å². The summed E-state index contributed by atoms with van der Waals surface area (Å²) in [7, 11) is 1.43. The van der Waals surface area contributed by atoms with E-state index in [9.17, 15) is 19.1 Å². The van der Waals surface area contributed by atoms with Gasteiger partial charge in [-0.2, -0.15) is 0 Å². The number of hydrogen-bond donors (Lipinski definition) is 1. The Labute approximate surface area is 189 Å². The molecule has 1 fully saturated rings. The molecule has 1 aliphatic rings. The maximum atomic E-state index is 13.6. The van der Waals surface area contributed by atoms with Crippen molar-refractivity contribution in [2.24, 2.45) is 0 Å². The second-order valence-electron chi connectivity index (χ2n) is 7.41. The number of aliphatic hydroxyl groups excluding tert-OH is 1. The van der Waals surface area contributed by atoms with E-state index >= 15 is 0 Å². The number of nitrogens with zero attached hydrogens (tertiary/aromatic N) is 1. The zero-order valence-corrected chi connectivity index (χ0v) is 18.1. The Morgan fingerprint density at radius 1 is 1.03 bits per heavy atom. The minimum Gasteiger partial charge on any atom is -0.507 e. The summed E-state index contributed by atoms with van der Waals surface area (Å²) in [6.07, 6.45) is 0. The second kappa shape index (κ2) is 8.48. The van der Waals surface area contributed by atoms with E-state index in [0.717, 1.165) is 5.56 Å². The fourth-order valence-corrected chi connectivity index (χ4v) is 3.92. The van der Waals surface area contributed by atoms with Gasteiger partial charge in [-0.05, 0) is 55.0 Å². The predicted molar refractivity (Wildman–Crippen MR) is 120 cm³/mol. The molecule has 1 amide bonds. The summed E-state index contributed by atoms with van der Waals surface area (Å²) in [6, 6.07) is 16.2. The first kappa shape index (κ1) is 21.6. The fourth-order valence-electron chi connectivity index (χ4n) is 3.73. The minimum atomic E-state index is -0.944. The number of methoxy groups -OCH3 is 1. The monoisotopic (exact) mass is 451 g/mol. The molecule has 5 nitrogen and oxygen atoms in total. The van der Waals surface area contributed by atoms with Gasteiger partial charge in [0.05, 0.1) is 23.7 Å². The van der Waals surface area contributed by atoms with Gasteiger partial charge < -0.3 is 9.84 Å². The quantitative estimate of drug-likeness (QED) is 0.326. The van der Waals surface area contributed by atoms with Gasteiger partial charge in [0.1, 0.15) is 17.3 Å². The van der Waals surface area contributed by atoms with Gasteiger partial charge in [0.2, 0.25) is 0 Å². The molecule has 3 aromatic carbocycles. The molecule has 1 N–H and O–H groups in total. The second-order valence-corrected chi connectivity index (χ2v) is 7.81. The average Bonchev–Trinajstić information content (AvgIpc) is 3.05. The summed E-state index contributed by atoms with van der Waals surface area (Å²) >= 11 is 6.08. The standard InChI is InChI=1S/C25H19ClFNO4/c1-14-3-10-18(11-4-14)28-22(15-5-8-17(27)9-6-15)21(24(30)25(28)31)23(29)16-7-12-19(26)20(13-16)32-2/h3-13,22,29H,1-2H3/b23-21-. The maximum Gasteiger partial charge on any atom is 0.300 e. The van der Waals surface area contributed by atoms with Crippen molar-refractivity contribution in [1.82, 2.24) is 0 Å². The smallest absolute Gasteiger partial charge is 0.300 e. The number of anilines is 1. The molecule has 0 radical (unpaired) electrons. The summed E-state index contributed by atoms with van der Waals surface area (Å²) in [4.78, 5) is 27.5. The zero-order valence-electron chi connectivity index (χ0n) is 17.3. The largest absolute Gasteiger partial charge is 0.507 e. The van der Waals surface area contributed by atoms with Crippen LogP contribution in [-0.4, -0.2) is 23.9 Å². The van der Waals surface area contributed by atoms with E-state index in [1.165, 1.54) is 54.5 Å². The Balaban J connectivity index is 1.94. The van der Waals surface area contributed by atoms with Crippen molar-refractivity contribution in [3.63, 3.8) is 0 Å². The van der Waals surface area contributed by atoms with Crippen molar-refractivity contribution in [1.29, 1.82) is 0 Å². The number of benzene rings is 3. The predicted octanol–water partition coefficient (Wildman–Crippen LogP) is 5.42. The summed E-state index contributed by atoms with van der Waals surface area (Å²) in [6.45, 7) is 1.91. The molecule has 1 heterocycles. The lowest BCUT2D eigenvalue weighted by Crippen LogP contribution is -2.29. The number of ether oxygens (including phenoxy) is 1. The summed E-state index contributed by atoms with van der Waals surface area (Å²) < 4.78 is 18.8.